The average molecular weight is 542 g/mol. The highest BCUT2D eigenvalue weighted by Gasteiger charge is 2.31. The van der Waals surface area contributed by atoms with Crippen molar-refractivity contribution in [1.82, 2.24) is 10.2 Å². The maximum atomic E-state index is 13.8. The molecule has 0 saturated heterocycles. The average Bonchev–Trinajstić information content (AvgIpc) is 2.82. The minimum absolute atomic E-state index is 0.00593. The van der Waals surface area contributed by atoms with Crippen molar-refractivity contribution in [3.63, 3.8) is 0 Å². The molecular weight excluding hydrogens is 512 g/mol. The molecular formula is C25H30ClF2N3O4S. The van der Waals surface area contributed by atoms with Crippen LogP contribution in [0.5, 0.6) is 0 Å². The zero-order valence-electron chi connectivity index (χ0n) is 20.2. The molecule has 7 nitrogen and oxygen atoms in total. The summed E-state index contributed by atoms with van der Waals surface area (Å²) < 4.78 is 53.0. The molecule has 36 heavy (non-hydrogen) atoms. The molecule has 3 rings (SSSR count). The van der Waals surface area contributed by atoms with Gasteiger partial charge in [0, 0.05) is 23.7 Å². The van der Waals surface area contributed by atoms with E-state index in [1.807, 2.05) is 0 Å². The highest BCUT2D eigenvalue weighted by molar-refractivity contribution is 7.92. The molecule has 0 unspecified atom stereocenters. The third-order valence-corrected chi connectivity index (χ3v) is 7.61. The summed E-state index contributed by atoms with van der Waals surface area (Å²) in [7, 11) is -4.05. The quantitative estimate of drug-likeness (QED) is 0.514. The zero-order chi connectivity index (χ0) is 26.5. The fraction of sp³-hybridized carbons (Fsp3) is 0.440. The van der Waals surface area contributed by atoms with Crippen molar-refractivity contribution in [2.75, 3.05) is 17.1 Å². The van der Waals surface area contributed by atoms with Crippen LogP contribution in [0.3, 0.4) is 0 Å². The molecule has 0 spiro atoms. The summed E-state index contributed by atoms with van der Waals surface area (Å²) in [6.07, 6.45) is 5.73. The van der Waals surface area contributed by atoms with E-state index in [0.717, 1.165) is 50.5 Å². The molecule has 1 aliphatic rings. The number of halogens is 3. The molecule has 1 fully saturated rings. The van der Waals surface area contributed by atoms with Crippen LogP contribution < -0.4 is 9.62 Å². The van der Waals surface area contributed by atoms with E-state index in [9.17, 15) is 26.8 Å². The number of anilines is 1. The van der Waals surface area contributed by atoms with Gasteiger partial charge >= 0.3 is 0 Å². The Kier molecular flexibility index (Phi) is 9.30. The largest absolute Gasteiger partial charge is 0.352 e. The zero-order valence-corrected chi connectivity index (χ0v) is 21.8. The van der Waals surface area contributed by atoms with Crippen LogP contribution in [0, 0.1) is 11.6 Å². The number of hydrogen-bond donors (Lipinski definition) is 1. The molecule has 0 bridgehead atoms. The SMILES string of the molecule is C[C@@H](C(=O)NC1CCCCC1)N(Cc1cccc(Cl)c1)C(=O)CN(c1ccc(F)c(F)c1)S(C)(=O)=O. The van der Waals surface area contributed by atoms with E-state index in [1.54, 1.807) is 31.2 Å². The van der Waals surface area contributed by atoms with Gasteiger partial charge in [-0.25, -0.2) is 17.2 Å². The molecule has 2 aromatic carbocycles. The van der Waals surface area contributed by atoms with Gasteiger partial charge in [0.1, 0.15) is 12.6 Å². The fourth-order valence-electron chi connectivity index (χ4n) is 4.24. The molecule has 0 heterocycles. The maximum Gasteiger partial charge on any atom is 0.244 e. The number of carbonyl (C=O) groups excluding carboxylic acids is 2. The Bertz CT molecular complexity index is 1210. The Morgan fingerprint density at radius 3 is 2.39 bits per heavy atom. The number of amides is 2. The van der Waals surface area contributed by atoms with Gasteiger partial charge in [-0.3, -0.25) is 13.9 Å². The van der Waals surface area contributed by atoms with Crippen molar-refractivity contribution < 1.29 is 26.8 Å². The first-order chi connectivity index (χ1) is 17.0. The standard InChI is InChI=1S/C25H30ClF2N3O4S/c1-17(25(33)29-20-9-4-3-5-10-20)30(15-18-7-6-8-19(26)13-18)24(32)16-31(36(2,34)35)21-11-12-22(27)23(28)14-21/h6-8,11-14,17,20H,3-5,9-10,15-16H2,1-2H3,(H,29,33)/t17-/m0/s1. The normalized spacial score (nSPS) is 15.2. The number of benzene rings is 2. The molecule has 1 N–H and O–H groups in total. The molecule has 0 aliphatic heterocycles. The maximum absolute atomic E-state index is 13.8. The van der Waals surface area contributed by atoms with E-state index in [0.29, 0.717) is 21.0 Å². The van der Waals surface area contributed by atoms with Crippen molar-refractivity contribution >= 4 is 39.1 Å². The molecule has 196 valence electrons. The van der Waals surface area contributed by atoms with Gasteiger partial charge in [-0.2, -0.15) is 0 Å². The lowest BCUT2D eigenvalue weighted by Gasteiger charge is -2.33. The Morgan fingerprint density at radius 1 is 1.08 bits per heavy atom. The van der Waals surface area contributed by atoms with Crippen LogP contribution in [0.2, 0.25) is 5.02 Å². The molecule has 2 aromatic rings. The molecule has 0 radical (unpaired) electrons. The van der Waals surface area contributed by atoms with Crippen molar-refractivity contribution in [3.05, 3.63) is 64.7 Å². The van der Waals surface area contributed by atoms with Crippen LogP contribution >= 0.6 is 11.6 Å². The predicted octanol–water partition coefficient (Wildman–Crippen LogP) is 4.25. The number of sulfonamides is 1. The van der Waals surface area contributed by atoms with Gasteiger partial charge in [0.15, 0.2) is 11.6 Å². The van der Waals surface area contributed by atoms with Crippen LogP contribution in [-0.2, 0) is 26.2 Å². The second-order valence-corrected chi connectivity index (χ2v) is 11.4. The molecule has 1 saturated carbocycles. The molecule has 1 aliphatic carbocycles. The monoisotopic (exact) mass is 541 g/mol. The van der Waals surface area contributed by atoms with Crippen LogP contribution in [-0.4, -0.2) is 50.0 Å². The Hall–Kier alpha value is -2.72. The summed E-state index contributed by atoms with van der Waals surface area (Å²) >= 11 is 6.09. The van der Waals surface area contributed by atoms with Gasteiger partial charge in [0.05, 0.1) is 11.9 Å². The van der Waals surface area contributed by atoms with Gasteiger partial charge < -0.3 is 10.2 Å². The summed E-state index contributed by atoms with van der Waals surface area (Å²) in [5, 5.41) is 3.44. The van der Waals surface area contributed by atoms with E-state index >= 15 is 0 Å². The summed E-state index contributed by atoms with van der Waals surface area (Å²) in [6, 6.07) is 8.44. The van der Waals surface area contributed by atoms with Gasteiger partial charge in [0.25, 0.3) is 0 Å². The highest BCUT2D eigenvalue weighted by atomic mass is 35.5. The first-order valence-electron chi connectivity index (χ1n) is 11.7. The topological polar surface area (TPSA) is 86.8 Å². The van der Waals surface area contributed by atoms with Gasteiger partial charge in [-0.05, 0) is 49.6 Å². The summed E-state index contributed by atoms with van der Waals surface area (Å²) in [5.74, 6) is -3.42. The fourth-order valence-corrected chi connectivity index (χ4v) is 5.29. The Balaban J connectivity index is 1.88. The first kappa shape index (κ1) is 27.9. The number of nitrogens with zero attached hydrogens (tertiary/aromatic N) is 2. The summed E-state index contributed by atoms with van der Waals surface area (Å²) in [6.45, 7) is 0.864. The smallest absolute Gasteiger partial charge is 0.244 e. The number of hydrogen-bond acceptors (Lipinski definition) is 4. The molecule has 1 atom stereocenters. The van der Waals surface area contributed by atoms with Crippen LogP contribution in [0.1, 0.15) is 44.6 Å². The minimum atomic E-state index is -4.05. The molecule has 2 amide bonds. The van der Waals surface area contributed by atoms with Gasteiger partial charge in [-0.1, -0.05) is 43.0 Å². The lowest BCUT2D eigenvalue weighted by Crippen LogP contribution is -2.53. The van der Waals surface area contributed by atoms with E-state index in [-0.39, 0.29) is 24.2 Å². The van der Waals surface area contributed by atoms with E-state index in [1.165, 1.54) is 4.90 Å². The van der Waals surface area contributed by atoms with Crippen molar-refractivity contribution in [3.8, 4) is 0 Å². The number of rotatable bonds is 9. The van der Waals surface area contributed by atoms with Gasteiger partial charge in [0.2, 0.25) is 21.8 Å². The summed E-state index contributed by atoms with van der Waals surface area (Å²) in [5.41, 5.74) is 0.443. The van der Waals surface area contributed by atoms with E-state index in [4.69, 9.17) is 11.6 Å². The van der Waals surface area contributed by atoms with Crippen LogP contribution in [0.15, 0.2) is 42.5 Å². The summed E-state index contributed by atoms with van der Waals surface area (Å²) in [4.78, 5) is 27.9. The highest BCUT2D eigenvalue weighted by Crippen LogP contribution is 2.23. The van der Waals surface area contributed by atoms with Crippen molar-refractivity contribution in [2.45, 2.75) is 57.7 Å². The molecule has 11 heteroatoms. The molecule has 0 aromatic heterocycles. The lowest BCUT2D eigenvalue weighted by molar-refractivity contribution is -0.139. The third kappa shape index (κ3) is 7.39. The lowest BCUT2D eigenvalue weighted by atomic mass is 9.95. The third-order valence-electron chi connectivity index (χ3n) is 6.23. The van der Waals surface area contributed by atoms with E-state index < -0.39 is 40.2 Å². The Morgan fingerprint density at radius 2 is 1.78 bits per heavy atom. The number of nitrogens with one attached hydrogen (secondary N) is 1. The van der Waals surface area contributed by atoms with Crippen molar-refractivity contribution in [2.24, 2.45) is 0 Å². The Labute approximate surface area is 215 Å². The van der Waals surface area contributed by atoms with Gasteiger partial charge in [-0.15, -0.1) is 0 Å². The number of carbonyl (C=O) groups is 2. The van der Waals surface area contributed by atoms with E-state index in [2.05, 4.69) is 5.32 Å². The predicted molar refractivity (Wildman–Crippen MR) is 135 cm³/mol. The first-order valence-corrected chi connectivity index (χ1v) is 14.0. The minimum Gasteiger partial charge on any atom is -0.352 e. The van der Waals surface area contributed by atoms with Crippen LogP contribution in [0.25, 0.3) is 0 Å². The second-order valence-electron chi connectivity index (χ2n) is 9.04. The van der Waals surface area contributed by atoms with Crippen LogP contribution in [0.4, 0.5) is 14.5 Å². The second kappa shape index (κ2) is 12.0. The van der Waals surface area contributed by atoms with Crippen molar-refractivity contribution in [1.29, 1.82) is 0 Å².